The van der Waals surface area contributed by atoms with Crippen LogP contribution in [0.1, 0.15) is 30.5 Å². The first-order valence-corrected chi connectivity index (χ1v) is 6.56. The number of rotatable bonds is 0. The zero-order valence-corrected chi connectivity index (χ0v) is 12.0. The number of hydrogen-bond acceptors (Lipinski definition) is 1. The molecule has 0 N–H and O–H groups in total. The van der Waals surface area contributed by atoms with Crippen molar-refractivity contribution < 1.29 is 0 Å². The SMILES string of the molecule is CC.Cc1cccc(C#Cc2ccc(S)cc2)c1. The van der Waals surface area contributed by atoms with Gasteiger partial charge in [0.15, 0.2) is 0 Å². The van der Waals surface area contributed by atoms with Crippen molar-refractivity contribution in [1.29, 1.82) is 0 Å². The predicted molar refractivity (Wildman–Crippen MR) is 82.2 cm³/mol. The standard InChI is InChI=1S/C15H12S.C2H6/c1-12-3-2-4-14(11-12)6-5-13-7-9-15(16)10-8-13;1-2/h2-4,7-11,16H,1H3;1-2H3. The molecule has 0 aromatic heterocycles. The summed E-state index contributed by atoms with van der Waals surface area (Å²) in [5.74, 6) is 6.28. The molecule has 1 heteroatoms. The van der Waals surface area contributed by atoms with Gasteiger partial charge in [0.2, 0.25) is 0 Å². The van der Waals surface area contributed by atoms with Crippen molar-refractivity contribution in [3.63, 3.8) is 0 Å². The summed E-state index contributed by atoms with van der Waals surface area (Å²) < 4.78 is 0. The fourth-order valence-corrected chi connectivity index (χ4v) is 1.56. The summed E-state index contributed by atoms with van der Waals surface area (Å²) in [5.41, 5.74) is 3.30. The van der Waals surface area contributed by atoms with Crippen LogP contribution >= 0.6 is 12.6 Å². The molecule has 0 fully saturated rings. The summed E-state index contributed by atoms with van der Waals surface area (Å²) in [4.78, 5) is 0.959. The molecule has 2 aromatic rings. The van der Waals surface area contributed by atoms with E-state index in [1.165, 1.54) is 5.56 Å². The van der Waals surface area contributed by atoms with Gasteiger partial charge in [-0.05, 0) is 48.9 Å². The fourth-order valence-electron chi connectivity index (χ4n) is 1.41. The molecule has 0 bridgehead atoms. The zero-order valence-electron chi connectivity index (χ0n) is 11.1. The summed E-state index contributed by atoms with van der Waals surface area (Å²) in [6, 6.07) is 16.0. The van der Waals surface area contributed by atoms with E-state index >= 15 is 0 Å². The Labute approximate surface area is 115 Å². The van der Waals surface area contributed by atoms with Gasteiger partial charge in [-0.3, -0.25) is 0 Å². The quantitative estimate of drug-likeness (QED) is 0.511. The number of thiol groups is 1. The Morgan fingerprint density at radius 1 is 0.833 bits per heavy atom. The maximum absolute atomic E-state index is 4.23. The fraction of sp³-hybridized carbons (Fsp3) is 0.176. The van der Waals surface area contributed by atoms with Crippen LogP contribution in [-0.4, -0.2) is 0 Å². The number of aryl methyl sites for hydroxylation is 1. The zero-order chi connectivity index (χ0) is 13.4. The molecule has 0 amide bonds. The lowest BCUT2D eigenvalue weighted by molar-refractivity contribution is 1.45. The van der Waals surface area contributed by atoms with E-state index in [-0.39, 0.29) is 0 Å². The molecule has 0 saturated carbocycles. The van der Waals surface area contributed by atoms with Crippen LogP contribution in [0.2, 0.25) is 0 Å². The van der Waals surface area contributed by atoms with Gasteiger partial charge in [0.25, 0.3) is 0 Å². The first kappa shape index (κ1) is 14.4. The highest BCUT2D eigenvalue weighted by Gasteiger charge is 1.88. The van der Waals surface area contributed by atoms with Gasteiger partial charge in [-0.2, -0.15) is 0 Å². The second-order valence-electron chi connectivity index (χ2n) is 3.67. The summed E-state index contributed by atoms with van der Waals surface area (Å²) in [6.07, 6.45) is 0. The lowest BCUT2D eigenvalue weighted by atomic mass is 10.1. The Morgan fingerprint density at radius 2 is 1.44 bits per heavy atom. The van der Waals surface area contributed by atoms with Gasteiger partial charge in [0.1, 0.15) is 0 Å². The Balaban J connectivity index is 0.000000771. The largest absolute Gasteiger partial charge is 0.143 e. The van der Waals surface area contributed by atoms with Gasteiger partial charge >= 0.3 is 0 Å². The second kappa shape index (κ2) is 7.63. The van der Waals surface area contributed by atoms with Crippen LogP contribution in [0.25, 0.3) is 0 Å². The van der Waals surface area contributed by atoms with E-state index in [2.05, 4.69) is 43.5 Å². The third-order valence-corrected chi connectivity index (χ3v) is 2.53. The van der Waals surface area contributed by atoms with Crippen molar-refractivity contribution in [3.05, 3.63) is 65.2 Å². The second-order valence-corrected chi connectivity index (χ2v) is 4.18. The van der Waals surface area contributed by atoms with E-state index in [0.717, 1.165) is 16.0 Å². The van der Waals surface area contributed by atoms with Gasteiger partial charge in [-0.25, -0.2) is 0 Å². The van der Waals surface area contributed by atoms with E-state index in [1.807, 2.05) is 50.2 Å². The van der Waals surface area contributed by atoms with Crippen molar-refractivity contribution >= 4 is 12.6 Å². The van der Waals surface area contributed by atoms with Gasteiger partial charge in [0, 0.05) is 16.0 Å². The molecule has 0 nitrogen and oxygen atoms in total. The Bertz CT molecular complexity index is 542. The van der Waals surface area contributed by atoms with E-state index in [9.17, 15) is 0 Å². The Kier molecular flexibility index (Phi) is 6.11. The molecule has 18 heavy (non-hydrogen) atoms. The van der Waals surface area contributed by atoms with Crippen molar-refractivity contribution in [2.45, 2.75) is 25.7 Å². The van der Waals surface area contributed by atoms with Crippen LogP contribution in [0.15, 0.2) is 53.4 Å². The van der Waals surface area contributed by atoms with E-state index < -0.39 is 0 Å². The van der Waals surface area contributed by atoms with Crippen LogP contribution in [0.4, 0.5) is 0 Å². The van der Waals surface area contributed by atoms with Crippen molar-refractivity contribution in [3.8, 4) is 11.8 Å². The lowest BCUT2D eigenvalue weighted by Gasteiger charge is -1.93. The summed E-state index contributed by atoms with van der Waals surface area (Å²) in [6.45, 7) is 6.07. The molecule has 0 aliphatic heterocycles. The molecule has 0 heterocycles. The molecule has 0 aliphatic rings. The minimum Gasteiger partial charge on any atom is -0.143 e. The monoisotopic (exact) mass is 254 g/mol. The molecular weight excluding hydrogens is 236 g/mol. The molecule has 0 unspecified atom stereocenters. The van der Waals surface area contributed by atoms with Gasteiger partial charge < -0.3 is 0 Å². The highest BCUT2D eigenvalue weighted by molar-refractivity contribution is 7.80. The molecule has 0 aliphatic carbocycles. The molecule has 92 valence electrons. The Morgan fingerprint density at radius 3 is 2.06 bits per heavy atom. The van der Waals surface area contributed by atoms with Crippen molar-refractivity contribution in [2.24, 2.45) is 0 Å². The molecule has 0 atom stereocenters. The van der Waals surface area contributed by atoms with Gasteiger partial charge in [0.05, 0.1) is 0 Å². The van der Waals surface area contributed by atoms with E-state index in [4.69, 9.17) is 0 Å². The smallest absolute Gasteiger partial charge is 0.0251 e. The van der Waals surface area contributed by atoms with Crippen LogP contribution < -0.4 is 0 Å². The summed E-state index contributed by atoms with van der Waals surface area (Å²) in [5, 5.41) is 0. The first-order valence-electron chi connectivity index (χ1n) is 6.12. The highest BCUT2D eigenvalue weighted by Crippen LogP contribution is 2.07. The molecule has 0 saturated heterocycles. The predicted octanol–water partition coefficient (Wildman–Crippen LogP) is 4.71. The van der Waals surface area contributed by atoms with Crippen LogP contribution in [-0.2, 0) is 0 Å². The molecule has 0 spiro atoms. The summed E-state index contributed by atoms with van der Waals surface area (Å²) in [7, 11) is 0. The van der Waals surface area contributed by atoms with Gasteiger partial charge in [-0.1, -0.05) is 37.8 Å². The maximum Gasteiger partial charge on any atom is 0.0251 e. The third-order valence-electron chi connectivity index (χ3n) is 2.24. The van der Waals surface area contributed by atoms with Gasteiger partial charge in [-0.15, -0.1) is 12.6 Å². The minimum atomic E-state index is 0.959. The number of hydrogen-bond donors (Lipinski definition) is 1. The molecule has 2 rings (SSSR count). The van der Waals surface area contributed by atoms with Crippen molar-refractivity contribution in [1.82, 2.24) is 0 Å². The minimum absolute atomic E-state index is 0.959. The lowest BCUT2D eigenvalue weighted by Crippen LogP contribution is -1.77. The normalized spacial score (nSPS) is 8.67. The molecule has 0 radical (unpaired) electrons. The average molecular weight is 254 g/mol. The highest BCUT2D eigenvalue weighted by atomic mass is 32.1. The maximum atomic E-state index is 4.23. The molecule has 2 aromatic carbocycles. The average Bonchev–Trinajstić information content (AvgIpc) is 2.41. The van der Waals surface area contributed by atoms with Crippen LogP contribution in [0.3, 0.4) is 0 Å². The van der Waals surface area contributed by atoms with E-state index in [1.54, 1.807) is 0 Å². The van der Waals surface area contributed by atoms with E-state index in [0.29, 0.717) is 0 Å². The number of benzene rings is 2. The van der Waals surface area contributed by atoms with Crippen molar-refractivity contribution in [2.75, 3.05) is 0 Å². The third kappa shape index (κ3) is 4.69. The summed E-state index contributed by atoms with van der Waals surface area (Å²) >= 11 is 4.23. The topological polar surface area (TPSA) is 0 Å². The first-order chi connectivity index (χ1) is 8.74. The Hall–Kier alpha value is -1.65. The van der Waals surface area contributed by atoms with Crippen LogP contribution in [0.5, 0.6) is 0 Å². The molecular formula is C17H18S. The van der Waals surface area contributed by atoms with Crippen LogP contribution in [0, 0.1) is 18.8 Å².